The Kier molecular flexibility index (Phi) is 3.72. The number of carbonyl (C=O) groups excluding carboxylic acids is 1. The number of hydrogen-bond acceptors (Lipinski definition) is 4. The van der Waals surface area contributed by atoms with Crippen LogP contribution in [0.4, 0.5) is 0 Å². The molecule has 1 aromatic carbocycles. The van der Waals surface area contributed by atoms with Gasteiger partial charge in [0.05, 0.1) is 16.8 Å². The summed E-state index contributed by atoms with van der Waals surface area (Å²) in [6, 6.07) is 10.2. The van der Waals surface area contributed by atoms with Crippen LogP contribution in [-0.2, 0) is 11.3 Å². The third-order valence-corrected chi connectivity index (χ3v) is 4.19. The lowest BCUT2D eigenvalue weighted by atomic mass is 10.2. The fraction of sp³-hybridized carbons (Fsp3) is 0.200. The second-order valence-corrected chi connectivity index (χ2v) is 5.92. The van der Waals surface area contributed by atoms with E-state index >= 15 is 0 Å². The monoisotopic (exact) mass is 300 g/mol. The highest BCUT2D eigenvalue weighted by molar-refractivity contribution is 7.20. The number of nitrogens with zero attached hydrogens (tertiary/aromatic N) is 2. The number of carbonyl (C=O) groups is 1. The van der Waals surface area contributed by atoms with Crippen LogP contribution < -0.4 is 11.1 Å². The van der Waals surface area contributed by atoms with Crippen LogP contribution >= 0.6 is 11.3 Å². The van der Waals surface area contributed by atoms with Crippen molar-refractivity contribution >= 4 is 27.5 Å². The van der Waals surface area contributed by atoms with Crippen molar-refractivity contribution in [2.45, 2.75) is 13.5 Å². The molecule has 0 bridgehead atoms. The number of primary amides is 1. The van der Waals surface area contributed by atoms with Gasteiger partial charge in [-0.05, 0) is 36.8 Å². The maximum absolute atomic E-state index is 10.8. The summed E-state index contributed by atoms with van der Waals surface area (Å²) in [4.78, 5) is 15.4. The standard InChI is InChI=1S/C15H16N4OS/c1-10-4-5-12-13(7-10)21-15(18-12)19-6-2-3-11(19)8-17-9-14(16)20/h2-7,17H,8-9H2,1H3,(H2,16,20). The van der Waals surface area contributed by atoms with Gasteiger partial charge in [-0.15, -0.1) is 0 Å². The van der Waals surface area contributed by atoms with E-state index < -0.39 is 0 Å². The van der Waals surface area contributed by atoms with Gasteiger partial charge in [-0.3, -0.25) is 9.36 Å². The molecule has 3 aromatic rings. The van der Waals surface area contributed by atoms with Crippen LogP contribution in [-0.4, -0.2) is 22.0 Å². The Morgan fingerprint density at radius 2 is 2.29 bits per heavy atom. The maximum Gasteiger partial charge on any atom is 0.231 e. The van der Waals surface area contributed by atoms with Crippen molar-refractivity contribution in [1.29, 1.82) is 0 Å². The molecule has 0 unspecified atom stereocenters. The van der Waals surface area contributed by atoms with Gasteiger partial charge in [-0.2, -0.15) is 0 Å². The van der Waals surface area contributed by atoms with Crippen molar-refractivity contribution in [3.63, 3.8) is 0 Å². The molecular formula is C15H16N4OS. The minimum Gasteiger partial charge on any atom is -0.369 e. The smallest absolute Gasteiger partial charge is 0.231 e. The molecule has 0 atom stereocenters. The first-order valence-corrected chi connectivity index (χ1v) is 7.48. The normalized spacial score (nSPS) is 11.1. The molecule has 1 amide bonds. The zero-order valence-corrected chi connectivity index (χ0v) is 12.5. The minimum absolute atomic E-state index is 0.171. The lowest BCUT2D eigenvalue weighted by Crippen LogP contribution is -2.28. The number of thiazole rings is 1. The molecular weight excluding hydrogens is 284 g/mol. The van der Waals surface area contributed by atoms with Gasteiger partial charge in [0.1, 0.15) is 0 Å². The Morgan fingerprint density at radius 1 is 1.43 bits per heavy atom. The van der Waals surface area contributed by atoms with Crippen LogP contribution in [0, 0.1) is 6.92 Å². The molecule has 0 saturated heterocycles. The average molecular weight is 300 g/mol. The number of nitrogens with two attached hydrogens (primary N) is 1. The van der Waals surface area contributed by atoms with Gasteiger partial charge < -0.3 is 11.1 Å². The number of rotatable bonds is 5. The topological polar surface area (TPSA) is 72.9 Å². The second-order valence-electron chi connectivity index (χ2n) is 4.91. The average Bonchev–Trinajstić information content (AvgIpc) is 3.03. The molecule has 3 rings (SSSR count). The van der Waals surface area contributed by atoms with E-state index in [1.807, 2.05) is 29.0 Å². The van der Waals surface area contributed by atoms with Gasteiger partial charge in [0.15, 0.2) is 5.13 Å². The van der Waals surface area contributed by atoms with Gasteiger partial charge in [0.2, 0.25) is 5.91 Å². The SMILES string of the molecule is Cc1ccc2nc(-n3cccc3CNCC(N)=O)sc2c1. The number of nitrogens with one attached hydrogen (secondary N) is 1. The summed E-state index contributed by atoms with van der Waals surface area (Å²) >= 11 is 1.66. The van der Waals surface area contributed by atoms with E-state index in [1.165, 1.54) is 10.3 Å². The Labute approximate surface area is 126 Å². The van der Waals surface area contributed by atoms with Crippen LogP contribution in [0.15, 0.2) is 36.5 Å². The zero-order chi connectivity index (χ0) is 14.8. The summed E-state index contributed by atoms with van der Waals surface area (Å²) in [5, 5.41) is 3.95. The fourth-order valence-electron chi connectivity index (χ4n) is 2.18. The molecule has 21 heavy (non-hydrogen) atoms. The highest BCUT2D eigenvalue weighted by Crippen LogP contribution is 2.26. The summed E-state index contributed by atoms with van der Waals surface area (Å²) in [7, 11) is 0. The lowest BCUT2D eigenvalue weighted by molar-refractivity contribution is -0.117. The van der Waals surface area contributed by atoms with E-state index in [1.54, 1.807) is 11.3 Å². The van der Waals surface area contributed by atoms with Crippen molar-refractivity contribution in [3.8, 4) is 5.13 Å². The van der Waals surface area contributed by atoms with Crippen LogP contribution in [0.3, 0.4) is 0 Å². The Morgan fingerprint density at radius 3 is 3.10 bits per heavy atom. The van der Waals surface area contributed by atoms with Crippen molar-refractivity contribution in [2.24, 2.45) is 5.73 Å². The van der Waals surface area contributed by atoms with Crippen molar-refractivity contribution < 1.29 is 4.79 Å². The molecule has 108 valence electrons. The second kappa shape index (κ2) is 5.67. The van der Waals surface area contributed by atoms with Crippen LogP contribution in [0.2, 0.25) is 0 Å². The molecule has 0 aliphatic heterocycles. The third-order valence-electron chi connectivity index (χ3n) is 3.18. The number of amides is 1. The lowest BCUT2D eigenvalue weighted by Gasteiger charge is -2.06. The first kappa shape index (κ1) is 13.8. The van der Waals surface area contributed by atoms with E-state index in [-0.39, 0.29) is 12.5 Å². The van der Waals surface area contributed by atoms with E-state index in [9.17, 15) is 4.79 Å². The first-order valence-electron chi connectivity index (χ1n) is 6.66. The number of benzene rings is 1. The number of fused-ring (bicyclic) bond motifs is 1. The summed E-state index contributed by atoms with van der Waals surface area (Å²) in [5.74, 6) is -0.358. The summed E-state index contributed by atoms with van der Waals surface area (Å²) < 4.78 is 3.21. The van der Waals surface area contributed by atoms with Gasteiger partial charge >= 0.3 is 0 Å². The molecule has 0 aliphatic carbocycles. The van der Waals surface area contributed by atoms with Gasteiger partial charge in [0.25, 0.3) is 0 Å². The predicted octanol–water partition coefficient (Wildman–Crippen LogP) is 1.97. The largest absolute Gasteiger partial charge is 0.369 e. The maximum atomic E-state index is 10.8. The molecule has 2 aromatic heterocycles. The van der Waals surface area contributed by atoms with Crippen molar-refractivity contribution in [2.75, 3.05) is 6.54 Å². The molecule has 0 radical (unpaired) electrons. The highest BCUT2D eigenvalue weighted by Gasteiger charge is 2.09. The molecule has 3 N–H and O–H groups in total. The molecule has 0 spiro atoms. The highest BCUT2D eigenvalue weighted by atomic mass is 32.1. The summed E-state index contributed by atoms with van der Waals surface area (Å²) in [6.07, 6.45) is 1.98. The van der Waals surface area contributed by atoms with Gasteiger partial charge in [-0.1, -0.05) is 17.4 Å². The quantitative estimate of drug-likeness (QED) is 0.756. The zero-order valence-electron chi connectivity index (χ0n) is 11.7. The van der Waals surface area contributed by atoms with Crippen LogP contribution in [0.1, 0.15) is 11.3 Å². The Hall–Kier alpha value is -2.18. The Balaban J connectivity index is 1.88. The first-order chi connectivity index (χ1) is 10.1. The predicted molar refractivity (Wildman–Crippen MR) is 84.6 cm³/mol. The summed E-state index contributed by atoms with van der Waals surface area (Å²) in [6.45, 7) is 2.82. The molecule has 0 fully saturated rings. The van der Waals surface area contributed by atoms with Gasteiger partial charge in [0, 0.05) is 18.4 Å². The van der Waals surface area contributed by atoms with Gasteiger partial charge in [-0.25, -0.2) is 4.98 Å². The molecule has 6 heteroatoms. The van der Waals surface area contributed by atoms with Crippen LogP contribution in [0.25, 0.3) is 15.3 Å². The fourth-order valence-corrected chi connectivity index (χ4v) is 3.26. The number of aryl methyl sites for hydroxylation is 1. The molecule has 0 saturated carbocycles. The Bertz CT molecular complexity index is 790. The minimum atomic E-state index is -0.358. The van der Waals surface area contributed by atoms with Crippen molar-refractivity contribution in [1.82, 2.24) is 14.9 Å². The number of aromatic nitrogens is 2. The number of hydrogen-bond donors (Lipinski definition) is 2. The van der Waals surface area contributed by atoms with E-state index in [4.69, 9.17) is 5.73 Å². The molecule has 2 heterocycles. The summed E-state index contributed by atoms with van der Waals surface area (Å²) in [5.41, 5.74) is 8.41. The third kappa shape index (κ3) is 2.96. The molecule has 0 aliphatic rings. The van der Waals surface area contributed by atoms with E-state index in [0.717, 1.165) is 16.3 Å². The molecule has 5 nitrogen and oxygen atoms in total. The van der Waals surface area contributed by atoms with E-state index in [0.29, 0.717) is 6.54 Å². The van der Waals surface area contributed by atoms with E-state index in [2.05, 4.69) is 29.4 Å². The van der Waals surface area contributed by atoms with Crippen molar-refractivity contribution in [3.05, 3.63) is 47.8 Å². The van der Waals surface area contributed by atoms with Crippen LogP contribution in [0.5, 0.6) is 0 Å².